The maximum absolute atomic E-state index is 13.5. The van der Waals surface area contributed by atoms with Crippen LogP contribution in [0, 0.1) is 0 Å². The average Bonchev–Trinajstić information content (AvgIpc) is 3.41. The van der Waals surface area contributed by atoms with E-state index >= 15 is 0 Å². The van der Waals surface area contributed by atoms with Crippen molar-refractivity contribution in [2.24, 2.45) is 0 Å². The second-order valence-corrected chi connectivity index (χ2v) is 24.3. The normalized spacial score (nSPS) is 14.3. The van der Waals surface area contributed by atoms with E-state index in [4.69, 9.17) is 13.8 Å². The molecule has 0 aromatic rings. The number of esters is 1. The third-order valence-electron chi connectivity index (χ3n) is 14.0. The van der Waals surface area contributed by atoms with Crippen LogP contribution in [0.15, 0.2) is 97.2 Å². The quantitative estimate of drug-likeness (QED) is 0.0212. The molecule has 3 atom stereocenters. The number of phosphoric acid groups is 1. The number of hydrogen-bond donors (Lipinski definition) is 1. The van der Waals surface area contributed by atoms with Crippen LogP contribution in [0.1, 0.15) is 278 Å². The molecule has 0 heterocycles. The van der Waals surface area contributed by atoms with Gasteiger partial charge >= 0.3 is 5.97 Å². The van der Waals surface area contributed by atoms with Crippen LogP contribution < -0.4 is 10.2 Å². The minimum absolute atomic E-state index is 0.0349. The molecule has 0 bridgehead atoms. The first-order valence-electron chi connectivity index (χ1n) is 32.5. The van der Waals surface area contributed by atoms with E-state index in [0.29, 0.717) is 17.4 Å². The summed E-state index contributed by atoms with van der Waals surface area (Å²) in [5.41, 5.74) is 0. The summed E-state index contributed by atoms with van der Waals surface area (Å²) in [6.07, 6.45) is 78.1. The van der Waals surface area contributed by atoms with Gasteiger partial charge in [-0.05, 0) is 109 Å². The van der Waals surface area contributed by atoms with Gasteiger partial charge in [-0.1, -0.05) is 253 Å². The van der Waals surface area contributed by atoms with Gasteiger partial charge in [0.1, 0.15) is 19.3 Å². The maximum atomic E-state index is 13.5. The second-order valence-electron chi connectivity index (χ2n) is 22.9. The van der Waals surface area contributed by atoms with Crippen molar-refractivity contribution in [3.63, 3.8) is 0 Å². The van der Waals surface area contributed by atoms with Crippen LogP contribution in [0.25, 0.3) is 0 Å². The standard InChI is InChI=1S/C69H123N2O7P/c1-7-10-13-16-19-22-25-27-29-31-33-35-37-39-41-43-46-49-52-55-58-61-68(72)70-66(65-77-79(74,75)76-64-63-71(4,5)6)67(60-57-54-51-48-45-24-21-18-15-12-9-3)78-69(73)62-59-56-53-50-47-44-42-40-38-36-34-32-30-28-26-23-20-17-14-11-8-2/h10,13,19,22,27-30,33,35,39,41,46,49,57,60,66-67H,7-9,11-12,14-18,20-21,23-26,31-32,34,36-38,40,42-45,47-48,50-56,58-59,61-65H2,1-6H3,(H-,70,72,74,75)/b13-10-,22-19-,29-27-,30-28+,35-33-,41-39-,49-46-,60-57+. The number of carbonyl (C=O) groups excluding carboxylic acids is 2. The summed E-state index contributed by atoms with van der Waals surface area (Å²) < 4.78 is 30.3. The Labute approximate surface area is 488 Å². The molecule has 0 aromatic heterocycles. The fourth-order valence-corrected chi connectivity index (χ4v) is 9.71. The minimum atomic E-state index is -4.72. The SMILES string of the molecule is CC/C=C\C/C=C\C/C=C\C/C=C\C/C=C\C/C=C\CCCCC(=O)NC(COP(=O)([O-])OCC[N+](C)(C)C)C(/C=C/CCCCCCCCCCC)OC(=O)CCCCCCCCCCCCC/C=C/CCCCCCCC. The van der Waals surface area contributed by atoms with E-state index in [-0.39, 0.29) is 31.3 Å². The number of allylic oxidation sites excluding steroid dienone is 15. The van der Waals surface area contributed by atoms with Crippen LogP contribution in [0.5, 0.6) is 0 Å². The summed E-state index contributed by atoms with van der Waals surface area (Å²) in [6, 6.07) is -0.917. The fraction of sp³-hybridized carbons (Fsp3) is 0.739. The van der Waals surface area contributed by atoms with Gasteiger partial charge in [0.2, 0.25) is 5.91 Å². The molecule has 456 valence electrons. The molecule has 0 fully saturated rings. The van der Waals surface area contributed by atoms with E-state index in [1.807, 2.05) is 33.3 Å². The molecule has 1 N–H and O–H groups in total. The topological polar surface area (TPSA) is 114 Å². The molecule has 0 aliphatic rings. The van der Waals surface area contributed by atoms with Crippen LogP contribution in [-0.4, -0.2) is 69.4 Å². The molecule has 0 aliphatic carbocycles. The first-order valence-corrected chi connectivity index (χ1v) is 34.0. The first kappa shape index (κ1) is 75.9. The van der Waals surface area contributed by atoms with Crippen molar-refractivity contribution in [3.8, 4) is 0 Å². The molecule has 3 unspecified atom stereocenters. The number of amides is 1. The zero-order chi connectivity index (χ0) is 57.9. The summed E-state index contributed by atoms with van der Waals surface area (Å²) in [5, 5.41) is 3.00. The highest BCUT2D eigenvalue weighted by Gasteiger charge is 2.27. The number of likely N-dealkylation sites (N-methyl/N-ethyl adjacent to an activating group) is 1. The lowest BCUT2D eigenvalue weighted by Gasteiger charge is -2.30. The lowest BCUT2D eigenvalue weighted by Crippen LogP contribution is -2.47. The molecule has 0 aromatic carbocycles. The van der Waals surface area contributed by atoms with Gasteiger partial charge in [-0.3, -0.25) is 14.2 Å². The molecule has 0 spiro atoms. The summed E-state index contributed by atoms with van der Waals surface area (Å²) in [7, 11) is 1.15. The zero-order valence-corrected chi connectivity index (χ0v) is 52.9. The molecular weight excluding hydrogens is 1000 g/mol. The number of phosphoric ester groups is 1. The van der Waals surface area contributed by atoms with Crippen molar-refractivity contribution in [2.75, 3.05) is 40.9 Å². The number of unbranched alkanes of at least 4 members (excludes halogenated alkanes) is 28. The van der Waals surface area contributed by atoms with Crippen molar-refractivity contribution >= 4 is 19.7 Å². The van der Waals surface area contributed by atoms with Gasteiger partial charge in [-0.25, -0.2) is 0 Å². The summed E-state index contributed by atoms with van der Waals surface area (Å²) in [6.45, 7) is 6.69. The summed E-state index contributed by atoms with van der Waals surface area (Å²) >= 11 is 0. The van der Waals surface area contributed by atoms with Crippen LogP contribution in [0.4, 0.5) is 0 Å². The van der Waals surface area contributed by atoms with E-state index < -0.39 is 26.6 Å². The predicted molar refractivity (Wildman–Crippen MR) is 339 cm³/mol. The van der Waals surface area contributed by atoms with E-state index in [2.05, 4.69) is 111 Å². The van der Waals surface area contributed by atoms with Gasteiger partial charge in [-0.2, -0.15) is 0 Å². The van der Waals surface area contributed by atoms with Gasteiger partial charge in [0.25, 0.3) is 7.82 Å². The summed E-state index contributed by atoms with van der Waals surface area (Å²) in [5.74, 6) is -0.593. The smallest absolute Gasteiger partial charge is 0.306 e. The third kappa shape index (κ3) is 59.4. The zero-order valence-electron chi connectivity index (χ0n) is 52.1. The van der Waals surface area contributed by atoms with Gasteiger partial charge in [0, 0.05) is 12.8 Å². The first-order chi connectivity index (χ1) is 38.4. The number of ether oxygens (including phenoxy) is 1. The average molecular weight is 1120 g/mol. The Bertz CT molecular complexity index is 1670. The van der Waals surface area contributed by atoms with E-state index in [9.17, 15) is 19.0 Å². The Morgan fingerprint density at radius 3 is 1.24 bits per heavy atom. The molecule has 1 amide bonds. The van der Waals surface area contributed by atoms with E-state index in [1.165, 1.54) is 148 Å². The van der Waals surface area contributed by atoms with Gasteiger partial charge in [0.05, 0.1) is 33.8 Å². The van der Waals surface area contributed by atoms with Gasteiger partial charge in [-0.15, -0.1) is 0 Å². The Morgan fingerprint density at radius 1 is 0.456 bits per heavy atom. The fourth-order valence-electron chi connectivity index (χ4n) is 8.99. The molecular formula is C69H123N2O7P. The second kappa shape index (κ2) is 58.1. The van der Waals surface area contributed by atoms with Crippen molar-refractivity contribution < 1.29 is 37.3 Å². The maximum Gasteiger partial charge on any atom is 0.306 e. The highest BCUT2D eigenvalue weighted by Crippen LogP contribution is 2.38. The molecule has 0 radical (unpaired) electrons. The van der Waals surface area contributed by atoms with Crippen LogP contribution in [0.2, 0.25) is 0 Å². The number of nitrogens with one attached hydrogen (secondary N) is 1. The molecule has 0 rings (SSSR count). The molecule has 0 saturated heterocycles. The lowest BCUT2D eigenvalue weighted by molar-refractivity contribution is -0.870. The highest BCUT2D eigenvalue weighted by atomic mass is 31.2. The Morgan fingerprint density at radius 2 is 0.810 bits per heavy atom. The lowest BCUT2D eigenvalue weighted by atomic mass is 10.0. The Kier molecular flexibility index (Phi) is 55.9. The minimum Gasteiger partial charge on any atom is -0.756 e. The van der Waals surface area contributed by atoms with Crippen LogP contribution in [-0.2, 0) is 27.9 Å². The number of hydrogen-bond acceptors (Lipinski definition) is 7. The number of carbonyl (C=O) groups is 2. The van der Waals surface area contributed by atoms with Crippen LogP contribution in [0.3, 0.4) is 0 Å². The van der Waals surface area contributed by atoms with Crippen molar-refractivity contribution in [1.29, 1.82) is 0 Å². The molecule has 10 heteroatoms. The number of rotatable bonds is 58. The Balaban J connectivity index is 5.23. The summed E-state index contributed by atoms with van der Waals surface area (Å²) in [4.78, 5) is 40.0. The molecule has 0 aliphatic heterocycles. The van der Waals surface area contributed by atoms with E-state index in [0.717, 1.165) is 89.9 Å². The van der Waals surface area contributed by atoms with Crippen molar-refractivity contribution in [3.05, 3.63) is 97.2 Å². The number of nitrogens with zero attached hydrogens (tertiary/aromatic N) is 1. The van der Waals surface area contributed by atoms with E-state index in [1.54, 1.807) is 0 Å². The predicted octanol–water partition coefficient (Wildman–Crippen LogP) is 19.7. The molecule has 9 nitrogen and oxygen atoms in total. The highest BCUT2D eigenvalue weighted by molar-refractivity contribution is 7.45. The Hall–Kier alpha value is -3.07. The van der Waals surface area contributed by atoms with Crippen molar-refractivity contribution in [2.45, 2.75) is 290 Å². The third-order valence-corrected chi connectivity index (χ3v) is 15.0. The monoisotopic (exact) mass is 1120 g/mol. The largest absolute Gasteiger partial charge is 0.756 e. The van der Waals surface area contributed by atoms with Crippen LogP contribution >= 0.6 is 7.82 Å². The van der Waals surface area contributed by atoms with Gasteiger partial charge < -0.3 is 28.5 Å². The van der Waals surface area contributed by atoms with Crippen molar-refractivity contribution in [1.82, 2.24) is 5.32 Å². The molecule has 79 heavy (non-hydrogen) atoms. The molecule has 0 saturated carbocycles. The van der Waals surface area contributed by atoms with Gasteiger partial charge in [0.15, 0.2) is 0 Å². The number of quaternary nitrogens is 1.